The molecule has 0 atom stereocenters. The molecule has 0 spiro atoms. The molecular weight excluding hydrogens is 629 g/mol. The first-order chi connectivity index (χ1) is 17.4. The molecule has 37 heavy (non-hydrogen) atoms. The first-order valence-corrected chi connectivity index (χ1v) is 12.4. The fourth-order valence-electron chi connectivity index (χ4n) is 5.31. The predicted octanol–water partition coefficient (Wildman–Crippen LogP) is 8.06. The van der Waals surface area contributed by atoms with E-state index in [1.165, 1.54) is 22.3 Å². The van der Waals surface area contributed by atoms with Crippen LogP contribution >= 0.6 is 0 Å². The van der Waals surface area contributed by atoms with Crippen LogP contribution in [-0.2, 0) is 30.9 Å². The average molecular weight is 659 g/mol. The monoisotopic (exact) mass is 659 g/mol. The summed E-state index contributed by atoms with van der Waals surface area (Å²) >= 11 is 0. The van der Waals surface area contributed by atoms with E-state index < -0.39 is 0 Å². The number of hydrogen-bond acceptors (Lipinski definition) is 2. The van der Waals surface area contributed by atoms with E-state index in [9.17, 15) is 0 Å². The van der Waals surface area contributed by atoms with Gasteiger partial charge in [0, 0.05) is 32.5 Å². The molecule has 1 aliphatic carbocycles. The molecule has 0 fully saturated rings. The van der Waals surface area contributed by atoms with Crippen molar-refractivity contribution in [2.24, 2.45) is 0 Å². The Balaban J connectivity index is 0.000000208. The molecule has 2 nitrogen and oxygen atoms in total. The fourth-order valence-corrected chi connectivity index (χ4v) is 5.31. The Kier molecular flexibility index (Phi) is 7.87. The maximum atomic E-state index is 4.60. The summed E-state index contributed by atoms with van der Waals surface area (Å²) in [6.07, 6.45) is 3.65. The Bertz CT molecular complexity index is 1420. The van der Waals surface area contributed by atoms with Crippen molar-refractivity contribution in [3.63, 3.8) is 0 Å². The average Bonchev–Trinajstić information content (AvgIpc) is 2.94. The van der Waals surface area contributed by atoms with Crippen LogP contribution < -0.4 is 0 Å². The second-order valence-electron chi connectivity index (χ2n) is 10.1. The summed E-state index contributed by atoms with van der Waals surface area (Å²) in [5.41, 5.74) is 9.58. The van der Waals surface area contributed by atoms with Crippen molar-refractivity contribution in [1.82, 2.24) is 9.97 Å². The Hall–Kier alpha value is -3.39. The second-order valence-corrected chi connectivity index (χ2v) is 10.1. The van der Waals surface area contributed by atoms with Gasteiger partial charge in [-0.25, -0.2) is 0 Å². The zero-order valence-corrected chi connectivity index (χ0v) is 24.0. The van der Waals surface area contributed by atoms with Gasteiger partial charge < -0.3 is 9.97 Å². The van der Waals surface area contributed by atoms with Crippen LogP contribution in [0.4, 0.5) is 0 Å². The van der Waals surface area contributed by atoms with Crippen molar-refractivity contribution < 1.29 is 20.1 Å². The first-order valence-electron chi connectivity index (χ1n) is 12.4. The normalized spacial score (nSPS) is 14.2. The standard InChI is InChI=1S/C23H22N.C11H8N.Ir/c1-22(2)17-11-5-6-12-18(17)23(3,4)21-16(10-9-13-19(21)22)20-14-7-8-15-24-20;1-2-6-10(7-3-1)11-8-4-5-9-12-11;/h5-9,11-15H,1-4H3;1-6,8-9H;/q2*-1;. The zero-order valence-electron chi connectivity index (χ0n) is 21.6. The topological polar surface area (TPSA) is 25.8 Å². The maximum absolute atomic E-state index is 4.60. The van der Waals surface area contributed by atoms with Crippen molar-refractivity contribution in [1.29, 1.82) is 0 Å². The van der Waals surface area contributed by atoms with Crippen LogP contribution in [0.1, 0.15) is 49.9 Å². The molecular formula is C34H30IrN2-2. The third kappa shape index (κ3) is 5.07. The molecule has 2 heterocycles. The van der Waals surface area contributed by atoms with Gasteiger partial charge in [0.1, 0.15) is 0 Å². The smallest absolute Gasteiger partial charge is 0.0160 e. The van der Waals surface area contributed by atoms with E-state index >= 15 is 0 Å². The number of pyridine rings is 2. The largest absolute Gasteiger partial charge is 0.305 e. The molecule has 3 heteroatoms. The number of aromatic nitrogens is 2. The van der Waals surface area contributed by atoms with Gasteiger partial charge in [0.2, 0.25) is 0 Å². The van der Waals surface area contributed by atoms with E-state index in [0.717, 1.165) is 22.5 Å². The summed E-state index contributed by atoms with van der Waals surface area (Å²) in [5, 5.41) is 0. The SMILES string of the molecule is CC1(C)c2ccccc2C(C)(C)c2c(-c3ccccn3)[c-]ccc21.[Ir].[c-]1ccccc1-c1ccccn1. The molecule has 0 saturated heterocycles. The minimum absolute atomic E-state index is 0. The number of hydrogen-bond donors (Lipinski definition) is 0. The molecule has 0 aliphatic heterocycles. The van der Waals surface area contributed by atoms with E-state index in [4.69, 9.17) is 0 Å². The molecule has 2 aromatic heterocycles. The van der Waals surface area contributed by atoms with Crippen LogP contribution in [0.3, 0.4) is 0 Å². The van der Waals surface area contributed by atoms with E-state index in [1.807, 2.05) is 60.8 Å². The van der Waals surface area contributed by atoms with Crippen LogP contribution in [0.25, 0.3) is 22.5 Å². The number of rotatable bonds is 2. The first kappa shape index (κ1) is 26.7. The van der Waals surface area contributed by atoms with Gasteiger partial charge in [0.25, 0.3) is 0 Å². The van der Waals surface area contributed by atoms with Crippen LogP contribution in [0.15, 0.2) is 109 Å². The molecule has 1 radical (unpaired) electrons. The van der Waals surface area contributed by atoms with Gasteiger partial charge >= 0.3 is 0 Å². The van der Waals surface area contributed by atoms with Gasteiger partial charge in [-0.2, -0.15) is 0 Å². The summed E-state index contributed by atoms with van der Waals surface area (Å²) in [7, 11) is 0. The molecule has 0 N–H and O–H groups in total. The molecule has 187 valence electrons. The Morgan fingerprint density at radius 1 is 0.541 bits per heavy atom. The van der Waals surface area contributed by atoms with Gasteiger partial charge in [-0.3, -0.25) is 0 Å². The molecule has 0 bridgehead atoms. The molecule has 3 aromatic carbocycles. The van der Waals surface area contributed by atoms with Crippen molar-refractivity contribution in [2.75, 3.05) is 0 Å². The van der Waals surface area contributed by atoms with E-state index in [-0.39, 0.29) is 30.9 Å². The van der Waals surface area contributed by atoms with Crippen molar-refractivity contribution in [3.05, 3.63) is 144 Å². The van der Waals surface area contributed by atoms with Crippen LogP contribution in [0.2, 0.25) is 0 Å². The molecule has 6 rings (SSSR count). The molecule has 0 saturated carbocycles. The number of benzene rings is 3. The number of fused-ring (bicyclic) bond motifs is 2. The van der Waals surface area contributed by atoms with Crippen molar-refractivity contribution >= 4 is 0 Å². The summed E-state index contributed by atoms with van der Waals surface area (Å²) in [6, 6.07) is 39.5. The molecule has 0 amide bonds. The summed E-state index contributed by atoms with van der Waals surface area (Å²) in [5.74, 6) is 0. The van der Waals surface area contributed by atoms with Crippen LogP contribution in [0, 0.1) is 12.1 Å². The quantitative estimate of drug-likeness (QED) is 0.180. The molecule has 1 aliphatic rings. The molecule has 5 aromatic rings. The van der Waals surface area contributed by atoms with Crippen LogP contribution in [0.5, 0.6) is 0 Å². The summed E-state index contributed by atoms with van der Waals surface area (Å²) in [4.78, 5) is 8.81. The van der Waals surface area contributed by atoms with E-state index in [2.05, 4.69) is 92.3 Å². The van der Waals surface area contributed by atoms with Gasteiger partial charge in [-0.1, -0.05) is 76.2 Å². The Morgan fingerprint density at radius 3 is 1.73 bits per heavy atom. The number of nitrogens with zero attached hydrogens (tertiary/aromatic N) is 2. The van der Waals surface area contributed by atoms with Crippen molar-refractivity contribution in [2.45, 2.75) is 38.5 Å². The van der Waals surface area contributed by atoms with Crippen LogP contribution in [-0.4, -0.2) is 9.97 Å². The summed E-state index contributed by atoms with van der Waals surface area (Å²) < 4.78 is 0. The molecule has 0 unspecified atom stereocenters. The maximum Gasteiger partial charge on any atom is 0.0160 e. The fraction of sp³-hybridized carbons (Fsp3) is 0.176. The predicted molar refractivity (Wildman–Crippen MR) is 148 cm³/mol. The third-order valence-electron chi connectivity index (χ3n) is 7.14. The van der Waals surface area contributed by atoms with Gasteiger partial charge in [0.15, 0.2) is 0 Å². The second kappa shape index (κ2) is 10.9. The van der Waals surface area contributed by atoms with Gasteiger partial charge in [-0.15, -0.1) is 70.8 Å². The van der Waals surface area contributed by atoms with Crippen molar-refractivity contribution in [3.8, 4) is 22.5 Å². The van der Waals surface area contributed by atoms with Gasteiger partial charge in [-0.05, 0) is 45.5 Å². The zero-order chi connectivity index (χ0) is 25.2. The third-order valence-corrected chi connectivity index (χ3v) is 7.14. The van der Waals surface area contributed by atoms with E-state index in [1.54, 1.807) is 6.20 Å². The minimum Gasteiger partial charge on any atom is -0.305 e. The Labute approximate surface area is 234 Å². The Morgan fingerprint density at radius 2 is 1.14 bits per heavy atom. The summed E-state index contributed by atoms with van der Waals surface area (Å²) in [6.45, 7) is 9.28. The minimum atomic E-state index is -0.0773. The van der Waals surface area contributed by atoms with Gasteiger partial charge in [0.05, 0.1) is 0 Å². The van der Waals surface area contributed by atoms with E-state index in [0.29, 0.717) is 0 Å².